The first-order valence-corrected chi connectivity index (χ1v) is 9.40. The first-order valence-electron chi connectivity index (χ1n) is 7.92. The predicted molar refractivity (Wildman–Crippen MR) is 92.9 cm³/mol. The van der Waals surface area contributed by atoms with Crippen LogP contribution in [-0.4, -0.2) is 26.9 Å². The lowest BCUT2D eigenvalue weighted by Crippen LogP contribution is -2.32. The summed E-state index contributed by atoms with van der Waals surface area (Å²) in [6.45, 7) is 7.75. The quantitative estimate of drug-likeness (QED) is 0.509. The predicted octanol–water partition coefficient (Wildman–Crippen LogP) is 2.85. The van der Waals surface area contributed by atoms with Crippen LogP contribution in [0, 0.1) is 0 Å². The van der Waals surface area contributed by atoms with Gasteiger partial charge in [-0.2, -0.15) is 0 Å². The zero-order valence-corrected chi connectivity index (χ0v) is 14.7. The Balaban J connectivity index is 2.65. The largest absolute Gasteiger partial charge is 0.350 e. The van der Waals surface area contributed by atoms with Crippen molar-refractivity contribution in [2.75, 3.05) is 6.54 Å². The minimum atomic E-state index is -3.56. The topological polar surface area (TPSA) is 75.3 Å². The molecule has 1 aromatic rings. The molecule has 5 nitrogen and oxygen atoms in total. The lowest BCUT2D eigenvalue weighted by molar-refractivity contribution is 0.0938. The first-order chi connectivity index (χ1) is 10.9. The molecule has 1 amide bonds. The van der Waals surface area contributed by atoms with Crippen LogP contribution in [0.25, 0.3) is 0 Å². The SMILES string of the molecule is C=CCNS(=O)(=O)c1ccc(C(=O)NC(C)CCCCC)cc1. The van der Waals surface area contributed by atoms with E-state index in [1.165, 1.54) is 30.3 Å². The third-order valence-corrected chi connectivity index (χ3v) is 4.90. The second-order valence-corrected chi connectivity index (χ2v) is 7.30. The second kappa shape index (κ2) is 9.47. The Hall–Kier alpha value is -1.66. The van der Waals surface area contributed by atoms with Gasteiger partial charge in [-0.05, 0) is 37.6 Å². The third kappa shape index (κ3) is 6.54. The number of nitrogens with one attached hydrogen (secondary N) is 2. The van der Waals surface area contributed by atoms with E-state index in [9.17, 15) is 13.2 Å². The van der Waals surface area contributed by atoms with Gasteiger partial charge < -0.3 is 5.32 Å². The molecule has 0 spiro atoms. The fourth-order valence-electron chi connectivity index (χ4n) is 2.12. The van der Waals surface area contributed by atoms with Gasteiger partial charge >= 0.3 is 0 Å². The van der Waals surface area contributed by atoms with Gasteiger partial charge in [0.2, 0.25) is 10.0 Å². The van der Waals surface area contributed by atoms with E-state index in [4.69, 9.17) is 0 Å². The van der Waals surface area contributed by atoms with Crippen LogP contribution in [-0.2, 0) is 10.0 Å². The van der Waals surface area contributed by atoms with Crippen molar-refractivity contribution in [3.05, 3.63) is 42.5 Å². The van der Waals surface area contributed by atoms with Crippen molar-refractivity contribution >= 4 is 15.9 Å². The van der Waals surface area contributed by atoms with E-state index in [0.29, 0.717) is 5.56 Å². The molecule has 1 aromatic carbocycles. The van der Waals surface area contributed by atoms with Crippen molar-refractivity contribution in [1.29, 1.82) is 0 Å². The summed E-state index contributed by atoms with van der Waals surface area (Å²) in [6, 6.07) is 6.02. The van der Waals surface area contributed by atoms with Crippen molar-refractivity contribution in [2.45, 2.75) is 50.5 Å². The number of amides is 1. The molecular weight excluding hydrogens is 312 g/mol. The molecule has 1 unspecified atom stereocenters. The van der Waals surface area contributed by atoms with Crippen LogP contribution in [0.3, 0.4) is 0 Å². The maximum atomic E-state index is 12.1. The van der Waals surface area contributed by atoms with Gasteiger partial charge in [-0.15, -0.1) is 6.58 Å². The molecule has 6 heteroatoms. The Labute approximate surface area is 139 Å². The molecule has 0 radical (unpaired) electrons. The molecule has 0 aliphatic rings. The zero-order chi connectivity index (χ0) is 17.3. The standard InChI is InChI=1S/C17H26N2O3S/c1-4-6-7-8-14(3)19-17(20)15-9-11-16(12-10-15)23(21,22)18-13-5-2/h5,9-12,14,18H,2,4,6-8,13H2,1,3H3,(H,19,20). The lowest BCUT2D eigenvalue weighted by atomic mass is 10.1. The normalized spacial score (nSPS) is 12.6. The Bertz CT molecular complexity index is 609. The maximum absolute atomic E-state index is 12.1. The van der Waals surface area contributed by atoms with Gasteiger partial charge in [0.15, 0.2) is 0 Å². The number of benzene rings is 1. The van der Waals surface area contributed by atoms with Crippen LogP contribution < -0.4 is 10.0 Å². The highest BCUT2D eigenvalue weighted by Crippen LogP contribution is 2.11. The number of sulfonamides is 1. The van der Waals surface area contributed by atoms with Crippen LogP contribution in [0.4, 0.5) is 0 Å². The van der Waals surface area contributed by atoms with E-state index < -0.39 is 10.0 Å². The van der Waals surface area contributed by atoms with Gasteiger partial charge in [-0.25, -0.2) is 13.1 Å². The summed E-state index contributed by atoms with van der Waals surface area (Å²) in [5, 5.41) is 2.93. The molecule has 0 aromatic heterocycles. The fraction of sp³-hybridized carbons (Fsp3) is 0.471. The summed E-state index contributed by atoms with van der Waals surface area (Å²) in [5.41, 5.74) is 0.454. The molecule has 0 aliphatic carbocycles. The van der Waals surface area contributed by atoms with Gasteiger partial charge in [0.1, 0.15) is 0 Å². The number of hydrogen-bond acceptors (Lipinski definition) is 3. The van der Waals surface area contributed by atoms with E-state index in [0.717, 1.165) is 25.7 Å². The summed E-state index contributed by atoms with van der Waals surface area (Å²) in [5.74, 6) is -0.183. The van der Waals surface area contributed by atoms with Crippen molar-refractivity contribution < 1.29 is 13.2 Å². The smallest absolute Gasteiger partial charge is 0.251 e. The molecule has 128 valence electrons. The molecular formula is C17H26N2O3S. The van der Waals surface area contributed by atoms with Crippen molar-refractivity contribution in [3.8, 4) is 0 Å². The van der Waals surface area contributed by atoms with Gasteiger partial charge in [0.05, 0.1) is 4.90 Å². The molecule has 0 fully saturated rings. The average molecular weight is 338 g/mol. The van der Waals surface area contributed by atoms with E-state index in [2.05, 4.69) is 23.5 Å². The highest BCUT2D eigenvalue weighted by atomic mass is 32.2. The molecule has 1 rings (SSSR count). The number of hydrogen-bond donors (Lipinski definition) is 2. The van der Waals surface area contributed by atoms with Gasteiger partial charge in [0.25, 0.3) is 5.91 Å². The van der Waals surface area contributed by atoms with Crippen LogP contribution in [0.15, 0.2) is 41.8 Å². The molecule has 0 saturated carbocycles. The van der Waals surface area contributed by atoms with Crippen LogP contribution in [0.5, 0.6) is 0 Å². The van der Waals surface area contributed by atoms with Crippen LogP contribution in [0.2, 0.25) is 0 Å². The van der Waals surface area contributed by atoms with Crippen molar-refractivity contribution in [2.24, 2.45) is 0 Å². The molecule has 23 heavy (non-hydrogen) atoms. The monoisotopic (exact) mass is 338 g/mol. The zero-order valence-electron chi connectivity index (χ0n) is 13.8. The average Bonchev–Trinajstić information content (AvgIpc) is 2.53. The number of carbonyl (C=O) groups excluding carboxylic acids is 1. The van der Waals surface area contributed by atoms with E-state index in [1.54, 1.807) is 0 Å². The summed E-state index contributed by atoms with van der Waals surface area (Å²) in [4.78, 5) is 12.3. The third-order valence-electron chi connectivity index (χ3n) is 3.46. The maximum Gasteiger partial charge on any atom is 0.251 e. The molecule has 0 bridgehead atoms. The van der Waals surface area contributed by atoms with Crippen molar-refractivity contribution in [3.63, 3.8) is 0 Å². The van der Waals surface area contributed by atoms with E-state index >= 15 is 0 Å². The number of rotatable bonds is 10. The summed E-state index contributed by atoms with van der Waals surface area (Å²) >= 11 is 0. The molecule has 1 atom stereocenters. The molecule has 0 heterocycles. The highest BCUT2D eigenvalue weighted by molar-refractivity contribution is 7.89. The summed E-state index contributed by atoms with van der Waals surface area (Å²) < 4.78 is 26.3. The van der Waals surface area contributed by atoms with E-state index in [-0.39, 0.29) is 23.4 Å². The van der Waals surface area contributed by atoms with Crippen molar-refractivity contribution in [1.82, 2.24) is 10.0 Å². The Morgan fingerprint density at radius 1 is 1.26 bits per heavy atom. The van der Waals surface area contributed by atoms with Gasteiger partial charge in [0, 0.05) is 18.2 Å². The summed E-state index contributed by atoms with van der Waals surface area (Å²) in [6.07, 6.45) is 5.81. The fourth-order valence-corrected chi connectivity index (χ4v) is 3.12. The first kappa shape index (κ1) is 19.4. The van der Waals surface area contributed by atoms with Gasteiger partial charge in [-0.1, -0.05) is 32.3 Å². The molecule has 2 N–H and O–H groups in total. The Morgan fingerprint density at radius 3 is 2.48 bits per heavy atom. The summed E-state index contributed by atoms with van der Waals surface area (Å²) in [7, 11) is -3.56. The highest BCUT2D eigenvalue weighted by Gasteiger charge is 2.14. The van der Waals surface area contributed by atoms with Gasteiger partial charge in [-0.3, -0.25) is 4.79 Å². The Kier molecular flexibility index (Phi) is 7.98. The van der Waals surface area contributed by atoms with Crippen LogP contribution in [0.1, 0.15) is 49.9 Å². The van der Waals surface area contributed by atoms with Crippen LogP contribution >= 0.6 is 0 Å². The minimum absolute atomic E-state index is 0.103. The number of carbonyl (C=O) groups is 1. The lowest BCUT2D eigenvalue weighted by Gasteiger charge is -2.14. The second-order valence-electron chi connectivity index (χ2n) is 5.54. The Morgan fingerprint density at radius 2 is 1.91 bits per heavy atom. The van der Waals surface area contributed by atoms with E-state index in [1.807, 2.05) is 6.92 Å². The minimum Gasteiger partial charge on any atom is -0.350 e. The number of unbranched alkanes of at least 4 members (excludes halogenated alkanes) is 2. The molecule has 0 aliphatic heterocycles. The molecule has 0 saturated heterocycles.